The maximum absolute atomic E-state index is 11.1. The topological polar surface area (TPSA) is 99.4 Å². The van der Waals surface area contributed by atoms with E-state index in [9.17, 15) is 20.4 Å². The lowest BCUT2D eigenvalue weighted by Crippen LogP contribution is -2.54. The first kappa shape index (κ1) is 19.0. The predicted octanol–water partition coefficient (Wildman–Crippen LogP) is 2.40. The molecule has 0 saturated carbocycles. The van der Waals surface area contributed by atoms with Gasteiger partial charge in [-0.15, -0.1) is 0 Å². The standard InChI is InChI=1S/C21H30O6/c1-9-4-6-12-7-5-10(2)15-16(12)14(9)11(3)20(18(15)24)27-21-19(25)17(23)13(22)8-26-21/h9-10,12-13,17,19,21-25H,4-8H2,1-3H3/t9?,10-,12-,13?,17?,19?,21?/m0/s1. The molecule has 6 nitrogen and oxygen atoms in total. The van der Waals surface area contributed by atoms with Gasteiger partial charge in [0.1, 0.15) is 18.3 Å². The molecular formula is C21H30O6. The molecule has 0 radical (unpaired) electrons. The van der Waals surface area contributed by atoms with E-state index in [-0.39, 0.29) is 18.3 Å². The summed E-state index contributed by atoms with van der Waals surface area (Å²) < 4.78 is 11.3. The number of benzene rings is 1. The van der Waals surface area contributed by atoms with E-state index in [1.807, 2.05) is 6.92 Å². The summed E-state index contributed by atoms with van der Waals surface area (Å²) in [6, 6.07) is 0. The summed E-state index contributed by atoms with van der Waals surface area (Å²) in [5, 5.41) is 40.9. The molecule has 0 spiro atoms. The Morgan fingerprint density at radius 3 is 2.19 bits per heavy atom. The summed E-state index contributed by atoms with van der Waals surface area (Å²) in [5.41, 5.74) is 4.41. The number of phenols is 1. The highest BCUT2D eigenvalue weighted by Gasteiger charge is 2.42. The van der Waals surface area contributed by atoms with E-state index in [4.69, 9.17) is 9.47 Å². The average Bonchev–Trinajstić information content (AvgIpc) is 2.64. The third-order valence-electron chi connectivity index (χ3n) is 6.77. The van der Waals surface area contributed by atoms with E-state index in [0.29, 0.717) is 17.6 Å². The second-order valence-electron chi connectivity index (χ2n) is 8.57. The van der Waals surface area contributed by atoms with Gasteiger partial charge in [0.25, 0.3) is 0 Å². The summed E-state index contributed by atoms with van der Waals surface area (Å²) >= 11 is 0. The minimum absolute atomic E-state index is 0.130. The smallest absolute Gasteiger partial charge is 0.229 e. The maximum atomic E-state index is 11.1. The lowest BCUT2D eigenvalue weighted by atomic mass is 9.66. The quantitative estimate of drug-likeness (QED) is 0.631. The van der Waals surface area contributed by atoms with E-state index in [2.05, 4.69) is 13.8 Å². The Morgan fingerprint density at radius 1 is 0.889 bits per heavy atom. The van der Waals surface area contributed by atoms with Crippen LogP contribution in [0.1, 0.15) is 79.5 Å². The van der Waals surface area contributed by atoms with Crippen molar-refractivity contribution in [3.05, 3.63) is 22.3 Å². The van der Waals surface area contributed by atoms with Gasteiger partial charge in [0.2, 0.25) is 6.29 Å². The number of rotatable bonds is 2. The molecule has 6 heteroatoms. The Balaban J connectivity index is 1.78. The number of ether oxygens (including phenoxy) is 2. The summed E-state index contributed by atoms with van der Waals surface area (Å²) in [6.07, 6.45) is -0.555. The molecule has 3 aliphatic rings. The van der Waals surface area contributed by atoms with Gasteiger partial charge in [-0.3, -0.25) is 0 Å². The average molecular weight is 378 g/mol. The molecule has 27 heavy (non-hydrogen) atoms. The van der Waals surface area contributed by atoms with E-state index in [1.165, 1.54) is 11.1 Å². The molecule has 1 fully saturated rings. The van der Waals surface area contributed by atoms with Crippen molar-refractivity contribution < 1.29 is 29.9 Å². The highest BCUT2D eigenvalue weighted by Crippen LogP contribution is 2.56. The van der Waals surface area contributed by atoms with Crippen molar-refractivity contribution in [2.24, 2.45) is 0 Å². The normalized spacial score (nSPS) is 38.4. The molecule has 150 valence electrons. The van der Waals surface area contributed by atoms with E-state index in [1.54, 1.807) is 0 Å². The molecule has 1 aliphatic heterocycles. The Labute approximate surface area is 159 Å². The van der Waals surface area contributed by atoms with Crippen LogP contribution in [0, 0.1) is 6.92 Å². The highest BCUT2D eigenvalue weighted by molar-refractivity contribution is 5.63. The molecule has 4 N–H and O–H groups in total. The van der Waals surface area contributed by atoms with Crippen LogP contribution in [0.4, 0.5) is 0 Å². The fourth-order valence-corrected chi connectivity index (χ4v) is 5.24. The zero-order valence-electron chi connectivity index (χ0n) is 16.2. The molecule has 1 saturated heterocycles. The van der Waals surface area contributed by atoms with Crippen LogP contribution < -0.4 is 4.74 Å². The van der Waals surface area contributed by atoms with Gasteiger partial charge in [-0.25, -0.2) is 0 Å². The molecule has 4 rings (SSSR count). The SMILES string of the molecule is Cc1c(OC2OCC(O)C(O)C2O)c(O)c2c3c1C(C)CC[C@H]3CC[C@@H]2C. The molecule has 1 aromatic carbocycles. The molecule has 7 atom stereocenters. The number of phenolic OH excluding ortho intramolecular Hbond substituents is 1. The Morgan fingerprint density at radius 2 is 1.52 bits per heavy atom. The molecular weight excluding hydrogens is 348 g/mol. The summed E-state index contributed by atoms with van der Waals surface area (Å²) in [7, 11) is 0. The zero-order valence-corrected chi connectivity index (χ0v) is 16.2. The third kappa shape index (κ3) is 2.94. The summed E-state index contributed by atoms with van der Waals surface area (Å²) in [4.78, 5) is 0. The van der Waals surface area contributed by atoms with Gasteiger partial charge in [-0.1, -0.05) is 13.8 Å². The number of hydrogen-bond donors (Lipinski definition) is 4. The van der Waals surface area contributed by atoms with E-state index < -0.39 is 24.6 Å². The Bertz CT molecular complexity index is 691. The number of aliphatic hydroxyl groups excluding tert-OH is 3. The third-order valence-corrected chi connectivity index (χ3v) is 6.77. The largest absolute Gasteiger partial charge is 0.504 e. The van der Waals surface area contributed by atoms with Crippen LogP contribution in [0.5, 0.6) is 11.5 Å². The summed E-state index contributed by atoms with van der Waals surface area (Å²) in [5.74, 6) is 1.59. The predicted molar refractivity (Wildman–Crippen MR) is 99.3 cm³/mol. The van der Waals surface area contributed by atoms with Crippen LogP contribution in [0.25, 0.3) is 0 Å². The van der Waals surface area contributed by atoms with E-state index in [0.717, 1.165) is 36.8 Å². The maximum Gasteiger partial charge on any atom is 0.229 e. The van der Waals surface area contributed by atoms with Crippen molar-refractivity contribution in [1.29, 1.82) is 0 Å². The second-order valence-corrected chi connectivity index (χ2v) is 8.57. The van der Waals surface area contributed by atoms with Gasteiger partial charge < -0.3 is 29.9 Å². The zero-order chi connectivity index (χ0) is 19.5. The van der Waals surface area contributed by atoms with Crippen LogP contribution in [0.3, 0.4) is 0 Å². The minimum Gasteiger partial charge on any atom is -0.504 e. The molecule has 0 bridgehead atoms. The van der Waals surface area contributed by atoms with Crippen LogP contribution in [0.2, 0.25) is 0 Å². The highest BCUT2D eigenvalue weighted by atomic mass is 16.7. The molecule has 2 aliphatic carbocycles. The van der Waals surface area contributed by atoms with Crippen molar-refractivity contribution in [3.63, 3.8) is 0 Å². The second kappa shape index (κ2) is 6.92. The fraction of sp³-hybridized carbons (Fsp3) is 0.714. The first-order valence-corrected chi connectivity index (χ1v) is 10.0. The van der Waals surface area contributed by atoms with Crippen molar-refractivity contribution in [3.8, 4) is 11.5 Å². The van der Waals surface area contributed by atoms with Gasteiger partial charge in [-0.05, 0) is 67.1 Å². The van der Waals surface area contributed by atoms with E-state index >= 15 is 0 Å². The number of hydrogen-bond acceptors (Lipinski definition) is 6. The van der Waals surface area contributed by atoms with Crippen molar-refractivity contribution >= 4 is 0 Å². The Hall–Kier alpha value is -1.34. The Kier molecular flexibility index (Phi) is 4.87. The monoisotopic (exact) mass is 378 g/mol. The molecule has 1 aromatic rings. The lowest BCUT2D eigenvalue weighted by Gasteiger charge is -2.41. The number of aromatic hydroxyl groups is 1. The summed E-state index contributed by atoms with van der Waals surface area (Å²) in [6.45, 7) is 6.17. The fourth-order valence-electron chi connectivity index (χ4n) is 5.24. The molecule has 1 heterocycles. The molecule has 0 aromatic heterocycles. The lowest BCUT2D eigenvalue weighted by molar-refractivity contribution is -0.242. The van der Waals surface area contributed by atoms with Crippen molar-refractivity contribution in [2.45, 2.75) is 88.8 Å². The minimum atomic E-state index is -1.39. The van der Waals surface area contributed by atoms with Crippen molar-refractivity contribution in [1.82, 2.24) is 0 Å². The van der Waals surface area contributed by atoms with Crippen molar-refractivity contribution in [2.75, 3.05) is 6.61 Å². The number of aliphatic hydroxyl groups is 3. The van der Waals surface area contributed by atoms with Gasteiger partial charge in [0.05, 0.1) is 6.61 Å². The first-order valence-electron chi connectivity index (χ1n) is 10.0. The molecule has 0 amide bonds. The van der Waals surface area contributed by atoms with Gasteiger partial charge in [0, 0.05) is 5.56 Å². The van der Waals surface area contributed by atoms with Crippen LogP contribution in [0.15, 0.2) is 0 Å². The van der Waals surface area contributed by atoms with Gasteiger partial charge >= 0.3 is 0 Å². The van der Waals surface area contributed by atoms with Crippen LogP contribution >= 0.6 is 0 Å². The van der Waals surface area contributed by atoms with Gasteiger partial charge in [0.15, 0.2) is 11.5 Å². The van der Waals surface area contributed by atoms with Crippen LogP contribution in [-0.2, 0) is 4.74 Å². The molecule has 5 unspecified atom stereocenters. The first-order chi connectivity index (χ1) is 12.8. The van der Waals surface area contributed by atoms with Gasteiger partial charge in [-0.2, -0.15) is 0 Å². The van der Waals surface area contributed by atoms with Crippen LogP contribution in [-0.4, -0.2) is 51.6 Å².